The second-order valence-corrected chi connectivity index (χ2v) is 4.26. The van der Waals surface area contributed by atoms with E-state index in [1.807, 2.05) is 30.3 Å². The fourth-order valence-corrected chi connectivity index (χ4v) is 1.89. The molecule has 2 N–H and O–H groups in total. The summed E-state index contributed by atoms with van der Waals surface area (Å²) in [5, 5.41) is 4.99. The minimum absolute atomic E-state index is 0.277. The molecule has 3 rings (SSSR count). The molecule has 0 spiro atoms. The molecule has 20 heavy (non-hydrogen) atoms. The maximum Gasteiger partial charge on any atom is 0.252 e. The lowest BCUT2D eigenvalue weighted by Crippen LogP contribution is -2.08. The van der Waals surface area contributed by atoms with Crippen molar-refractivity contribution in [3.8, 4) is 11.4 Å². The normalized spacial score (nSPS) is 11.1. The average Bonchev–Trinajstić information content (AvgIpc) is 2.96. The van der Waals surface area contributed by atoms with Gasteiger partial charge >= 0.3 is 0 Å². The van der Waals surface area contributed by atoms with Crippen LogP contribution in [0.4, 0.5) is 0 Å². The monoisotopic (exact) mass is 270 g/mol. The summed E-state index contributed by atoms with van der Waals surface area (Å²) in [5.41, 5.74) is 7.17. The van der Waals surface area contributed by atoms with Gasteiger partial charge in [-0.1, -0.05) is 11.2 Å². The Hall–Kier alpha value is -2.31. The summed E-state index contributed by atoms with van der Waals surface area (Å²) in [6.07, 6.45) is 1.77. The van der Waals surface area contributed by atoms with Gasteiger partial charge in [0.1, 0.15) is 6.61 Å². The number of benzene rings is 1. The molecule has 2 aromatic heterocycles. The Morgan fingerprint density at radius 3 is 3.10 bits per heavy atom. The molecule has 6 nitrogen and oxygen atoms in total. The largest absolute Gasteiger partial charge is 0.370 e. The lowest BCUT2D eigenvalue weighted by Gasteiger charge is -1.98. The molecule has 0 fully saturated rings. The number of hydrogen-bond donors (Lipinski definition) is 1. The fraction of sp³-hybridized carbons (Fsp3) is 0.214. The molecule has 1 aromatic carbocycles. The Kier molecular flexibility index (Phi) is 3.67. The molecule has 0 aliphatic rings. The highest BCUT2D eigenvalue weighted by Crippen LogP contribution is 2.21. The van der Waals surface area contributed by atoms with Gasteiger partial charge in [-0.25, -0.2) is 0 Å². The van der Waals surface area contributed by atoms with Crippen LogP contribution in [0.3, 0.4) is 0 Å². The molecule has 0 saturated carbocycles. The predicted molar refractivity (Wildman–Crippen MR) is 73.7 cm³/mol. The van der Waals surface area contributed by atoms with Crippen LogP contribution in [0.2, 0.25) is 0 Å². The molecule has 0 amide bonds. The maximum atomic E-state index is 5.34. The predicted octanol–water partition coefficient (Wildman–Crippen LogP) is 1.76. The van der Waals surface area contributed by atoms with Crippen molar-refractivity contribution in [2.45, 2.75) is 6.61 Å². The van der Waals surface area contributed by atoms with Gasteiger partial charge in [-0.15, -0.1) is 0 Å². The number of hydrogen-bond acceptors (Lipinski definition) is 6. The van der Waals surface area contributed by atoms with Crippen LogP contribution >= 0.6 is 0 Å². The number of nitrogens with two attached hydrogens (primary N) is 1. The van der Waals surface area contributed by atoms with Gasteiger partial charge < -0.3 is 15.0 Å². The van der Waals surface area contributed by atoms with E-state index in [4.69, 9.17) is 15.0 Å². The second-order valence-electron chi connectivity index (χ2n) is 4.26. The highest BCUT2D eigenvalue weighted by molar-refractivity contribution is 5.82. The van der Waals surface area contributed by atoms with Crippen molar-refractivity contribution in [3.63, 3.8) is 0 Å². The topological polar surface area (TPSA) is 87.1 Å². The quantitative estimate of drug-likeness (QED) is 0.711. The number of aromatic nitrogens is 3. The number of nitrogens with zero attached hydrogens (tertiary/aromatic N) is 3. The molecule has 0 bridgehead atoms. The molecule has 0 atom stereocenters. The van der Waals surface area contributed by atoms with Crippen LogP contribution < -0.4 is 5.73 Å². The molecular formula is C14H14N4O2. The summed E-state index contributed by atoms with van der Waals surface area (Å²) in [4.78, 5) is 8.57. The van der Waals surface area contributed by atoms with Gasteiger partial charge in [-0.3, -0.25) is 4.98 Å². The van der Waals surface area contributed by atoms with Crippen molar-refractivity contribution in [2.75, 3.05) is 13.2 Å². The Balaban J connectivity index is 1.83. The van der Waals surface area contributed by atoms with Gasteiger partial charge in [0.05, 0.1) is 12.1 Å². The van der Waals surface area contributed by atoms with Crippen molar-refractivity contribution in [1.82, 2.24) is 15.1 Å². The van der Waals surface area contributed by atoms with E-state index >= 15 is 0 Å². The van der Waals surface area contributed by atoms with E-state index < -0.39 is 0 Å². The molecule has 6 heteroatoms. The summed E-state index contributed by atoms with van der Waals surface area (Å²) in [6, 6.07) is 9.74. The first-order valence-corrected chi connectivity index (χ1v) is 6.32. The Bertz CT molecular complexity index is 711. The number of ether oxygens (including phenoxy) is 1. The van der Waals surface area contributed by atoms with Crippen LogP contribution in [0.25, 0.3) is 22.3 Å². The van der Waals surface area contributed by atoms with Crippen molar-refractivity contribution >= 4 is 10.9 Å². The lowest BCUT2D eigenvalue weighted by atomic mass is 10.1. The summed E-state index contributed by atoms with van der Waals surface area (Å²) < 4.78 is 10.4. The zero-order valence-corrected chi connectivity index (χ0v) is 10.8. The highest BCUT2D eigenvalue weighted by atomic mass is 16.5. The van der Waals surface area contributed by atoms with Crippen LogP contribution in [0.15, 0.2) is 41.1 Å². The zero-order chi connectivity index (χ0) is 13.8. The van der Waals surface area contributed by atoms with Crippen molar-refractivity contribution in [2.24, 2.45) is 5.73 Å². The molecule has 0 radical (unpaired) electrons. The van der Waals surface area contributed by atoms with E-state index in [-0.39, 0.29) is 6.61 Å². The summed E-state index contributed by atoms with van der Waals surface area (Å²) in [7, 11) is 0. The first-order valence-electron chi connectivity index (χ1n) is 6.32. The molecule has 0 aliphatic carbocycles. The summed E-state index contributed by atoms with van der Waals surface area (Å²) >= 11 is 0. The van der Waals surface area contributed by atoms with Crippen molar-refractivity contribution in [1.29, 1.82) is 0 Å². The van der Waals surface area contributed by atoms with Crippen molar-refractivity contribution in [3.05, 3.63) is 42.4 Å². The van der Waals surface area contributed by atoms with E-state index in [2.05, 4.69) is 15.1 Å². The van der Waals surface area contributed by atoms with Gasteiger partial charge in [0.25, 0.3) is 5.89 Å². The van der Waals surface area contributed by atoms with Crippen LogP contribution in [-0.2, 0) is 11.3 Å². The van der Waals surface area contributed by atoms with E-state index in [0.29, 0.717) is 24.9 Å². The van der Waals surface area contributed by atoms with Crippen LogP contribution in [-0.4, -0.2) is 28.3 Å². The molecule has 102 valence electrons. The van der Waals surface area contributed by atoms with Crippen molar-refractivity contribution < 1.29 is 9.26 Å². The fourth-order valence-electron chi connectivity index (χ4n) is 1.89. The Labute approximate surface area is 115 Å². The maximum absolute atomic E-state index is 5.34. The third-order valence-corrected chi connectivity index (χ3v) is 2.82. The lowest BCUT2D eigenvalue weighted by molar-refractivity contribution is 0.104. The van der Waals surface area contributed by atoms with Gasteiger partial charge in [0.2, 0.25) is 5.82 Å². The summed E-state index contributed by atoms with van der Waals surface area (Å²) in [6.45, 7) is 1.22. The molecule has 2 heterocycles. The average molecular weight is 270 g/mol. The van der Waals surface area contributed by atoms with E-state index in [1.165, 1.54) is 0 Å². The molecule has 0 unspecified atom stereocenters. The Morgan fingerprint density at radius 1 is 1.25 bits per heavy atom. The molecule has 3 aromatic rings. The van der Waals surface area contributed by atoms with Crippen LogP contribution in [0, 0.1) is 0 Å². The minimum Gasteiger partial charge on any atom is -0.370 e. The van der Waals surface area contributed by atoms with E-state index in [1.54, 1.807) is 6.20 Å². The Morgan fingerprint density at radius 2 is 2.20 bits per heavy atom. The van der Waals surface area contributed by atoms with Crippen LogP contribution in [0.5, 0.6) is 0 Å². The first kappa shape index (κ1) is 12.7. The van der Waals surface area contributed by atoms with Crippen LogP contribution in [0.1, 0.15) is 5.89 Å². The second kappa shape index (κ2) is 5.77. The molecule has 0 aliphatic heterocycles. The standard InChI is InChI=1S/C14H14N4O2/c15-5-7-19-9-13-17-14(18-20-13)11-3-4-12-10(8-11)2-1-6-16-12/h1-4,6,8H,5,7,9,15H2. The first-order chi connectivity index (χ1) is 9.86. The van der Waals surface area contributed by atoms with Gasteiger partial charge in [-0.2, -0.15) is 4.98 Å². The van der Waals surface area contributed by atoms with Gasteiger partial charge in [-0.05, 0) is 24.3 Å². The number of pyridine rings is 1. The van der Waals surface area contributed by atoms with E-state index in [9.17, 15) is 0 Å². The minimum atomic E-state index is 0.277. The van der Waals surface area contributed by atoms with E-state index in [0.717, 1.165) is 16.5 Å². The highest BCUT2D eigenvalue weighted by Gasteiger charge is 2.09. The molecular weight excluding hydrogens is 256 g/mol. The smallest absolute Gasteiger partial charge is 0.252 e. The van der Waals surface area contributed by atoms with Gasteiger partial charge in [0.15, 0.2) is 0 Å². The van der Waals surface area contributed by atoms with Gasteiger partial charge in [0, 0.05) is 23.7 Å². The third-order valence-electron chi connectivity index (χ3n) is 2.82. The number of rotatable bonds is 5. The SMILES string of the molecule is NCCOCc1nc(-c2ccc3ncccc3c2)no1. The molecule has 0 saturated heterocycles. The summed E-state index contributed by atoms with van der Waals surface area (Å²) in [5.74, 6) is 0.988. The zero-order valence-electron chi connectivity index (χ0n) is 10.8. The third kappa shape index (κ3) is 2.66. The number of fused-ring (bicyclic) bond motifs is 1.